The fourth-order valence-corrected chi connectivity index (χ4v) is 0.466. The number of carbonyl (C=O) groups excluding carboxylic acids is 1. The Morgan fingerprint density at radius 3 is 1.60 bits per heavy atom. The van der Waals surface area contributed by atoms with Crippen LogP contribution in [-0.4, -0.2) is 11.7 Å². The van der Waals surface area contributed by atoms with Crippen LogP contribution in [0.15, 0.2) is 0 Å². The molecule has 0 unspecified atom stereocenters. The van der Waals surface area contributed by atoms with Crippen LogP contribution in [0.3, 0.4) is 0 Å². The summed E-state index contributed by atoms with van der Waals surface area (Å²) in [4.78, 5) is 28.2. The van der Waals surface area contributed by atoms with E-state index < -0.39 is 19.3 Å². The summed E-state index contributed by atoms with van der Waals surface area (Å²) < 4.78 is 42.5. The summed E-state index contributed by atoms with van der Waals surface area (Å²) in [6.45, 7) is 0. The molecule has 10 heavy (non-hydrogen) atoms. The lowest BCUT2D eigenvalue weighted by atomic mass is 10.8. The zero-order valence-electron chi connectivity index (χ0n) is 4.21. The molecule has 0 aromatic heterocycles. The monoisotopic (exact) mass is 176 g/mol. The van der Waals surface area contributed by atoms with E-state index in [9.17, 15) is 32.3 Å². The van der Waals surface area contributed by atoms with Crippen LogP contribution in [0.2, 0.25) is 0 Å². The molecule has 0 amide bonds. The Balaban J connectivity index is 4.57. The molecule has 0 saturated heterocycles. The van der Waals surface area contributed by atoms with Gasteiger partial charge in [-0.05, 0) is 0 Å². The molecule has 4 nitrogen and oxygen atoms in total. The van der Waals surface area contributed by atoms with Crippen molar-refractivity contribution in [1.29, 1.82) is 0 Å². The van der Waals surface area contributed by atoms with Gasteiger partial charge in [0, 0.05) is 7.60 Å². The SMILES string of the molecule is O=C(C(F)(F)F)P(=O)([O-])[O-]. The highest BCUT2D eigenvalue weighted by atomic mass is 31.2. The van der Waals surface area contributed by atoms with Gasteiger partial charge in [-0.1, -0.05) is 0 Å². The molecule has 0 aliphatic rings. The third-order valence-corrected chi connectivity index (χ3v) is 1.24. The fourth-order valence-electron chi connectivity index (χ4n) is 0.155. The van der Waals surface area contributed by atoms with Gasteiger partial charge in [-0.2, -0.15) is 13.2 Å². The first-order chi connectivity index (χ1) is 4.15. The van der Waals surface area contributed by atoms with Crippen LogP contribution in [0.5, 0.6) is 0 Å². The topological polar surface area (TPSA) is 80.3 Å². The molecule has 0 atom stereocenters. The lowest BCUT2D eigenvalue weighted by Gasteiger charge is -2.27. The highest BCUT2D eigenvalue weighted by Gasteiger charge is 2.40. The van der Waals surface area contributed by atoms with Crippen molar-refractivity contribution in [3.05, 3.63) is 0 Å². The summed E-state index contributed by atoms with van der Waals surface area (Å²) in [5, 5.41) is 0. The Morgan fingerprint density at radius 1 is 1.30 bits per heavy atom. The Kier molecular flexibility index (Phi) is 2.24. The van der Waals surface area contributed by atoms with Crippen molar-refractivity contribution < 1.29 is 32.3 Å². The van der Waals surface area contributed by atoms with E-state index in [1.807, 2.05) is 0 Å². The quantitative estimate of drug-likeness (QED) is 0.479. The van der Waals surface area contributed by atoms with Gasteiger partial charge in [0.25, 0.3) is 5.52 Å². The van der Waals surface area contributed by atoms with Gasteiger partial charge >= 0.3 is 6.18 Å². The second kappa shape index (κ2) is 2.34. The van der Waals surface area contributed by atoms with Crippen molar-refractivity contribution in [3.8, 4) is 0 Å². The van der Waals surface area contributed by atoms with Crippen LogP contribution in [-0.2, 0) is 9.36 Å². The number of rotatable bonds is 1. The summed E-state index contributed by atoms with van der Waals surface area (Å²) in [5.41, 5.74) is -3.24. The van der Waals surface area contributed by atoms with Crippen LogP contribution in [0.4, 0.5) is 13.2 Å². The molecule has 8 heteroatoms. The van der Waals surface area contributed by atoms with E-state index in [0.29, 0.717) is 0 Å². The predicted octanol–water partition coefficient (Wildman–Crippen LogP) is -1.01. The van der Waals surface area contributed by atoms with Crippen molar-refractivity contribution >= 4 is 13.1 Å². The third-order valence-electron chi connectivity index (χ3n) is 0.491. The zero-order chi connectivity index (χ0) is 8.58. The highest BCUT2D eigenvalue weighted by molar-refractivity contribution is 7.67. The average Bonchev–Trinajstić information content (AvgIpc) is 1.59. The second-order valence-corrected chi connectivity index (χ2v) is 2.70. The molecule has 60 valence electrons. The molecule has 0 heterocycles. The standard InChI is InChI=1S/C2H2F3O4P/c3-2(4,5)1(6)10(7,8)9/h(H2,7,8,9)/p-2. The Morgan fingerprint density at radius 2 is 1.60 bits per heavy atom. The van der Waals surface area contributed by atoms with Crippen molar-refractivity contribution in [1.82, 2.24) is 0 Å². The van der Waals surface area contributed by atoms with Crippen LogP contribution in [0.25, 0.3) is 0 Å². The van der Waals surface area contributed by atoms with Crippen molar-refractivity contribution in [3.63, 3.8) is 0 Å². The summed E-state index contributed by atoms with van der Waals surface area (Å²) in [6.07, 6.45) is -5.58. The predicted molar refractivity (Wildman–Crippen MR) is 18.7 cm³/mol. The smallest absolute Gasteiger partial charge is 0.455 e. The first-order valence-electron chi connectivity index (χ1n) is 1.79. The van der Waals surface area contributed by atoms with Crippen LogP contribution in [0, 0.1) is 0 Å². The Hall–Kier alpha value is -0.390. The summed E-state index contributed by atoms with van der Waals surface area (Å²) in [6, 6.07) is 0. The van der Waals surface area contributed by atoms with E-state index >= 15 is 0 Å². The van der Waals surface area contributed by atoms with Gasteiger partial charge in [0.1, 0.15) is 0 Å². The number of hydrogen-bond acceptors (Lipinski definition) is 4. The van der Waals surface area contributed by atoms with Gasteiger partial charge < -0.3 is 14.4 Å². The van der Waals surface area contributed by atoms with Gasteiger partial charge in [0.15, 0.2) is 0 Å². The van der Waals surface area contributed by atoms with E-state index in [4.69, 9.17) is 0 Å². The molecule has 0 aromatic rings. The highest BCUT2D eigenvalue weighted by Crippen LogP contribution is 2.35. The Bertz CT molecular complexity index is 189. The molecule has 0 aliphatic heterocycles. The molecule has 0 radical (unpaired) electrons. The van der Waals surface area contributed by atoms with E-state index in [1.165, 1.54) is 0 Å². The molecular formula is C2F3O4P-2. The van der Waals surface area contributed by atoms with Crippen molar-refractivity contribution in [2.75, 3.05) is 0 Å². The minimum atomic E-state index is -6.14. The molecule has 0 fully saturated rings. The molecule has 0 aromatic carbocycles. The zero-order valence-corrected chi connectivity index (χ0v) is 5.11. The first kappa shape index (κ1) is 9.61. The van der Waals surface area contributed by atoms with Gasteiger partial charge in [-0.25, -0.2) is 0 Å². The van der Waals surface area contributed by atoms with Crippen molar-refractivity contribution in [2.45, 2.75) is 6.18 Å². The van der Waals surface area contributed by atoms with E-state index in [2.05, 4.69) is 0 Å². The fraction of sp³-hybridized carbons (Fsp3) is 0.500. The lowest BCUT2D eigenvalue weighted by molar-refractivity contribution is -0.313. The maximum absolute atomic E-state index is 11.0. The summed E-state index contributed by atoms with van der Waals surface area (Å²) in [5.74, 6) is 0. The molecule has 0 N–H and O–H groups in total. The largest absolute Gasteiger partial charge is 0.805 e. The minimum absolute atomic E-state index is 3.24. The molecule has 0 saturated carbocycles. The Labute approximate surface area is 52.8 Å². The molecule has 0 bridgehead atoms. The van der Waals surface area contributed by atoms with E-state index in [0.717, 1.165) is 0 Å². The molecule has 0 spiro atoms. The number of hydrogen-bond donors (Lipinski definition) is 0. The third kappa shape index (κ3) is 2.47. The van der Waals surface area contributed by atoms with E-state index in [1.54, 1.807) is 0 Å². The molecular weight excluding hydrogens is 176 g/mol. The number of carbonyl (C=O) groups is 1. The summed E-state index contributed by atoms with van der Waals surface area (Å²) in [7, 11) is -6.14. The number of alkyl halides is 3. The molecule has 0 rings (SSSR count). The van der Waals surface area contributed by atoms with Crippen LogP contribution >= 0.6 is 7.60 Å². The van der Waals surface area contributed by atoms with Gasteiger partial charge in [0.05, 0.1) is 0 Å². The average molecular weight is 176 g/mol. The minimum Gasteiger partial charge on any atom is -0.805 e. The van der Waals surface area contributed by atoms with Gasteiger partial charge in [-0.3, -0.25) is 4.79 Å². The molecule has 0 aliphatic carbocycles. The van der Waals surface area contributed by atoms with Crippen LogP contribution in [0.1, 0.15) is 0 Å². The number of halogens is 3. The lowest BCUT2D eigenvalue weighted by Crippen LogP contribution is -2.32. The van der Waals surface area contributed by atoms with Crippen molar-refractivity contribution in [2.24, 2.45) is 0 Å². The van der Waals surface area contributed by atoms with Gasteiger partial charge in [-0.15, -0.1) is 0 Å². The maximum Gasteiger partial charge on any atom is 0.455 e. The van der Waals surface area contributed by atoms with Gasteiger partial charge in [0.2, 0.25) is 0 Å². The normalized spacial score (nSPS) is 13.3. The first-order valence-corrected chi connectivity index (χ1v) is 3.34. The van der Waals surface area contributed by atoms with E-state index in [-0.39, 0.29) is 0 Å². The maximum atomic E-state index is 11.0. The summed E-state index contributed by atoms with van der Waals surface area (Å²) >= 11 is 0. The van der Waals surface area contributed by atoms with Crippen LogP contribution < -0.4 is 9.79 Å². The second-order valence-electron chi connectivity index (χ2n) is 1.30.